The minimum atomic E-state index is -0.352. The molecule has 21 heavy (non-hydrogen) atoms. The minimum Gasteiger partial charge on any atom is -0.338 e. The van der Waals surface area contributed by atoms with Gasteiger partial charge in [0.1, 0.15) is 11.3 Å². The number of aromatic nitrogens is 2. The number of benzene rings is 2. The third kappa shape index (κ3) is 2.59. The molecule has 0 aliphatic rings. The number of halogens is 2. The molecule has 0 spiro atoms. The molecule has 1 aromatic heterocycles. The van der Waals surface area contributed by atoms with Gasteiger partial charge in [-0.2, -0.15) is 0 Å². The number of fused-ring (bicyclic) bond motifs is 1. The van der Waals surface area contributed by atoms with E-state index in [0.29, 0.717) is 5.56 Å². The van der Waals surface area contributed by atoms with Gasteiger partial charge in [0.25, 0.3) is 5.91 Å². The van der Waals surface area contributed by atoms with E-state index in [1.54, 1.807) is 12.1 Å². The van der Waals surface area contributed by atoms with Crippen molar-refractivity contribution in [1.29, 1.82) is 0 Å². The van der Waals surface area contributed by atoms with E-state index in [2.05, 4.69) is 47.3 Å². The molecule has 3 rings (SSSR count). The van der Waals surface area contributed by atoms with Gasteiger partial charge in [-0.05, 0) is 34.1 Å². The number of nitrogen functional groups attached to an aromatic ring is 1. The van der Waals surface area contributed by atoms with Gasteiger partial charge in [0.2, 0.25) is 0 Å². The Morgan fingerprint density at radius 2 is 1.95 bits per heavy atom. The van der Waals surface area contributed by atoms with Gasteiger partial charge in [0, 0.05) is 20.1 Å². The summed E-state index contributed by atoms with van der Waals surface area (Å²) >= 11 is 6.94. The maximum absolute atomic E-state index is 11.6. The number of hydrogen-bond acceptors (Lipinski definition) is 3. The molecule has 0 aliphatic heterocycles. The Labute approximate surface area is 137 Å². The van der Waals surface area contributed by atoms with Gasteiger partial charge in [-0.1, -0.05) is 34.1 Å². The molecule has 0 saturated heterocycles. The van der Waals surface area contributed by atoms with Crippen molar-refractivity contribution in [2.75, 3.05) is 0 Å². The summed E-state index contributed by atoms with van der Waals surface area (Å²) in [6.45, 7) is 0. The molecular weight excluding hydrogens is 400 g/mol. The summed E-state index contributed by atoms with van der Waals surface area (Å²) in [7, 11) is 0. The van der Waals surface area contributed by atoms with Crippen molar-refractivity contribution in [2.24, 2.45) is 5.84 Å². The standard InChI is InChI=1S/C14H10Br2N4O/c15-9-4-2-1-3-8(9)13-18-11-6-7(14(21)20-17)5-10(16)12(11)19-13/h1-6H,17H2,(H,18,19)(H,20,21). The van der Waals surface area contributed by atoms with Gasteiger partial charge in [-0.15, -0.1) is 0 Å². The van der Waals surface area contributed by atoms with Gasteiger partial charge in [0.05, 0.1) is 5.52 Å². The molecule has 0 radical (unpaired) electrons. The normalized spacial score (nSPS) is 10.8. The zero-order valence-electron chi connectivity index (χ0n) is 10.7. The first kappa shape index (κ1) is 14.2. The Kier molecular flexibility index (Phi) is 3.79. The lowest BCUT2D eigenvalue weighted by molar-refractivity contribution is 0.0953. The van der Waals surface area contributed by atoms with E-state index < -0.39 is 0 Å². The molecule has 5 nitrogen and oxygen atoms in total. The number of nitrogens with zero attached hydrogens (tertiary/aromatic N) is 1. The number of nitrogens with two attached hydrogens (primary N) is 1. The van der Waals surface area contributed by atoms with Crippen molar-refractivity contribution in [3.8, 4) is 11.4 Å². The molecule has 1 amide bonds. The second-order valence-electron chi connectivity index (χ2n) is 4.39. The summed E-state index contributed by atoms with van der Waals surface area (Å²) in [6.07, 6.45) is 0. The van der Waals surface area contributed by atoms with Crippen LogP contribution in [0.1, 0.15) is 10.4 Å². The van der Waals surface area contributed by atoms with E-state index in [4.69, 9.17) is 5.84 Å². The van der Waals surface area contributed by atoms with E-state index in [9.17, 15) is 4.79 Å². The molecule has 0 saturated carbocycles. The number of aromatic amines is 1. The predicted molar refractivity (Wildman–Crippen MR) is 88.6 cm³/mol. The van der Waals surface area contributed by atoms with Crippen LogP contribution in [-0.4, -0.2) is 15.9 Å². The fourth-order valence-electron chi connectivity index (χ4n) is 2.07. The molecule has 0 atom stereocenters. The lowest BCUT2D eigenvalue weighted by Gasteiger charge is -2.00. The first-order chi connectivity index (χ1) is 10.1. The van der Waals surface area contributed by atoms with E-state index in [1.807, 2.05) is 24.3 Å². The predicted octanol–water partition coefficient (Wildman–Crippen LogP) is 3.36. The number of carbonyl (C=O) groups excluding carboxylic acids is 1. The number of carbonyl (C=O) groups is 1. The van der Waals surface area contributed by atoms with Crippen LogP contribution in [0.15, 0.2) is 45.3 Å². The minimum absolute atomic E-state index is 0.352. The number of nitrogens with one attached hydrogen (secondary N) is 2. The van der Waals surface area contributed by atoms with Gasteiger partial charge < -0.3 is 4.98 Å². The highest BCUT2D eigenvalue weighted by molar-refractivity contribution is 9.11. The summed E-state index contributed by atoms with van der Waals surface area (Å²) in [5, 5.41) is 0. The highest BCUT2D eigenvalue weighted by Crippen LogP contribution is 2.30. The maximum Gasteiger partial charge on any atom is 0.265 e. The third-order valence-electron chi connectivity index (χ3n) is 3.06. The van der Waals surface area contributed by atoms with E-state index in [1.165, 1.54) is 0 Å². The molecule has 0 fully saturated rings. The quantitative estimate of drug-likeness (QED) is 0.344. The first-order valence-electron chi connectivity index (χ1n) is 6.05. The number of hydrazine groups is 1. The average molecular weight is 410 g/mol. The highest BCUT2D eigenvalue weighted by atomic mass is 79.9. The third-order valence-corrected chi connectivity index (χ3v) is 4.36. The van der Waals surface area contributed by atoms with Crippen molar-refractivity contribution in [3.05, 3.63) is 50.9 Å². The van der Waals surface area contributed by atoms with Crippen LogP contribution >= 0.6 is 31.9 Å². The van der Waals surface area contributed by atoms with Crippen LogP contribution in [0.4, 0.5) is 0 Å². The summed E-state index contributed by atoms with van der Waals surface area (Å²) in [5.41, 5.74) is 5.04. The zero-order chi connectivity index (χ0) is 15.0. The highest BCUT2D eigenvalue weighted by Gasteiger charge is 2.13. The second-order valence-corrected chi connectivity index (χ2v) is 6.10. The molecule has 7 heteroatoms. The SMILES string of the molecule is NNC(=O)c1cc(Br)c2nc(-c3ccccc3Br)[nH]c2c1. The van der Waals surface area contributed by atoms with Crippen LogP contribution in [0.3, 0.4) is 0 Å². The number of amides is 1. The fourth-order valence-corrected chi connectivity index (χ4v) is 3.09. The Morgan fingerprint density at radius 1 is 1.19 bits per heavy atom. The largest absolute Gasteiger partial charge is 0.338 e. The first-order valence-corrected chi connectivity index (χ1v) is 7.64. The van der Waals surface area contributed by atoms with Crippen LogP contribution in [0.2, 0.25) is 0 Å². The lowest BCUT2D eigenvalue weighted by atomic mass is 10.2. The van der Waals surface area contributed by atoms with Crippen LogP contribution in [0.5, 0.6) is 0 Å². The Morgan fingerprint density at radius 3 is 2.67 bits per heavy atom. The monoisotopic (exact) mass is 408 g/mol. The van der Waals surface area contributed by atoms with E-state index in [0.717, 1.165) is 31.4 Å². The van der Waals surface area contributed by atoms with Crippen LogP contribution in [0, 0.1) is 0 Å². The Balaban J connectivity index is 2.19. The summed E-state index contributed by atoms with van der Waals surface area (Å²) in [4.78, 5) is 19.4. The van der Waals surface area contributed by atoms with Crippen LogP contribution < -0.4 is 11.3 Å². The van der Waals surface area contributed by atoms with Gasteiger partial charge in [-0.3, -0.25) is 10.2 Å². The second kappa shape index (κ2) is 5.59. The molecule has 4 N–H and O–H groups in total. The van der Waals surface area contributed by atoms with Crippen molar-refractivity contribution in [1.82, 2.24) is 15.4 Å². The number of rotatable bonds is 2. The molecule has 0 bridgehead atoms. The zero-order valence-corrected chi connectivity index (χ0v) is 13.8. The average Bonchev–Trinajstić information content (AvgIpc) is 2.91. The molecule has 0 unspecified atom stereocenters. The van der Waals surface area contributed by atoms with Crippen molar-refractivity contribution in [3.63, 3.8) is 0 Å². The molecule has 1 heterocycles. The van der Waals surface area contributed by atoms with Gasteiger partial charge in [0.15, 0.2) is 0 Å². The van der Waals surface area contributed by atoms with Gasteiger partial charge in [-0.25, -0.2) is 10.8 Å². The topological polar surface area (TPSA) is 83.8 Å². The smallest absolute Gasteiger partial charge is 0.265 e. The molecule has 3 aromatic rings. The van der Waals surface area contributed by atoms with Crippen LogP contribution in [0.25, 0.3) is 22.4 Å². The number of imidazole rings is 1. The van der Waals surface area contributed by atoms with E-state index >= 15 is 0 Å². The summed E-state index contributed by atoms with van der Waals surface area (Å²) < 4.78 is 1.67. The fraction of sp³-hybridized carbons (Fsp3) is 0. The Hall–Kier alpha value is -1.70. The van der Waals surface area contributed by atoms with Crippen molar-refractivity contribution < 1.29 is 4.79 Å². The van der Waals surface area contributed by atoms with Crippen molar-refractivity contribution in [2.45, 2.75) is 0 Å². The number of H-pyrrole nitrogens is 1. The summed E-state index contributed by atoms with van der Waals surface area (Å²) in [5.74, 6) is 5.54. The lowest BCUT2D eigenvalue weighted by Crippen LogP contribution is -2.29. The number of hydrogen-bond donors (Lipinski definition) is 3. The molecule has 106 valence electrons. The molecular formula is C14H10Br2N4O. The van der Waals surface area contributed by atoms with Crippen molar-refractivity contribution >= 4 is 48.8 Å². The van der Waals surface area contributed by atoms with Gasteiger partial charge >= 0.3 is 0 Å². The molecule has 0 aliphatic carbocycles. The summed E-state index contributed by atoms with van der Waals surface area (Å²) in [6, 6.07) is 11.2. The van der Waals surface area contributed by atoms with E-state index in [-0.39, 0.29) is 5.91 Å². The Bertz CT molecular complexity index is 844. The maximum atomic E-state index is 11.6. The van der Waals surface area contributed by atoms with Crippen LogP contribution in [-0.2, 0) is 0 Å². The molecule has 2 aromatic carbocycles.